The van der Waals surface area contributed by atoms with Gasteiger partial charge in [0, 0.05) is 13.1 Å². The Morgan fingerprint density at radius 2 is 2.29 bits per heavy atom. The molecule has 0 bridgehead atoms. The predicted molar refractivity (Wildman–Crippen MR) is 57.6 cm³/mol. The van der Waals surface area contributed by atoms with Crippen molar-refractivity contribution in [1.82, 2.24) is 4.98 Å². The van der Waals surface area contributed by atoms with Gasteiger partial charge in [-0.05, 0) is 0 Å². The minimum Gasteiger partial charge on any atom is -0.488 e. The molecule has 0 radical (unpaired) electrons. The van der Waals surface area contributed by atoms with Gasteiger partial charge in [0.25, 0.3) is 0 Å². The average molecular weight is 267 g/mol. The molecule has 1 aromatic heterocycles. The maximum absolute atomic E-state index is 12.3. The Bertz CT molecular complexity index is 425. The molecule has 2 heterocycles. The lowest BCUT2D eigenvalue weighted by Crippen LogP contribution is -2.43. The van der Waals surface area contributed by atoms with E-state index in [0.717, 1.165) is 0 Å². The van der Waals surface area contributed by atoms with Crippen molar-refractivity contribution < 1.29 is 17.9 Å². The lowest BCUT2D eigenvalue weighted by atomic mass is 10.1. The third-order valence-corrected chi connectivity index (χ3v) is 2.85. The molecule has 1 aromatic rings. The third kappa shape index (κ3) is 2.74. The predicted octanol–water partition coefficient (Wildman–Crippen LogP) is 2.88. The van der Waals surface area contributed by atoms with Crippen LogP contribution >= 0.6 is 11.6 Å². The van der Waals surface area contributed by atoms with Gasteiger partial charge < -0.3 is 9.64 Å². The van der Waals surface area contributed by atoms with Crippen molar-refractivity contribution in [1.29, 1.82) is 0 Å². The van der Waals surface area contributed by atoms with Gasteiger partial charge >= 0.3 is 6.18 Å². The molecule has 0 amide bonds. The Morgan fingerprint density at radius 1 is 1.59 bits per heavy atom. The fourth-order valence-corrected chi connectivity index (χ4v) is 1.90. The van der Waals surface area contributed by atoms with E-state index in [1.807, 2.05) is 0 Å². The van der Waals surface area contributed by atoms with Crippen LogP contribution < -0.4 is 9.64 Å². The molecule has 94 valence electrons. The molecule has 17 heavy (non-hydrogen) atoms. The molecule has 1 unspecified atom stereocenters. The van der Waals surface area contributed by atoms with Gasteiger partial charge in [0.05, 0.1) is 24.3 Å². The summed E-state index contributed by atoms with van der Waals surface area (Å²) < 4.78 is 42.3. The van der Waals surface area contributed by atoms with Crippen molar-refractivity contribution in [2.45, 2.75) is 18.6 Å². The van der Waals surface area contributed by atoms with Crippen molar-refractivity contribution in [3.8, 4) is 5.75 Å². The first-order valence-corrected chi connectivity index (χ1v) is 5.32. The SMILES string of the molecule is CN1c2cc(Cl)ncc2OCC1CC(F)(F)F. The molecule has 7 heteroatoms. The van der Waals surface area contributed by atoms with Gasteiger partial charge in [-0.2, -0.15) is 13.2 Å². The first kappa shape index (κ1) is 12.3. The summed E-state index contributed by atoms with van der Waals surface area (Å²) in [5.41, 5.74) is 0.533. The lowest BCUT2D eigenvalue weighted by Gasteiger charge is -2.35. The normalized spacial score (nSPS) is 19.8. The Labute approximate surface area is 101 Å². The van der Waals surface area contributed by atoms with E-state index in [1.165, 1.54) is 17.2 Å². The summed E-state index contributed by atoms with van der Waals surface area (Å²) in [4.78, 5) is 5.35. The maximum atomic E-state index is 12.3. The van der Waals surface area contributed by atoms with Crippen LogP contribution in [0.2, 0.25) is 5.15 Å². The minimum atomic E-state index is -4.21. The Morgan fingerprint density at radius 3 is 2.94 bits per heavy atom. The zero-order valence-electron chi connectivity index (χ0n) is 8.96. The number of hydrogen-bond donors (Lipinski definition) is 0. The van der Waals surface area contributed by atoms with E-state index in [2.05, 4.69) is 4.98 Å². The number of alkyl halides is 3. The summed E-state index contributed by atoms with van der Waals surface area (Å²) in [5, 5.41) is 0.229. The highest BCUT2D eigenvalue weighted by atomic mass is 35.5. The zero-order chi connectivity index (χ0) is 12.6. The highest BCUT2D eigenvalue weighted by molar-refractivity contribution is 6.29. The van der Waals surface area contributed by atoms with E-state index in [1.54, 1.807) is 7.05 Å². The van der Waals surface area contributed by atoms with Gasteiger partial charge in [0.2, 0.25) is 0 Å². The molecule has 2 rings (SSSR count). The monoisotopic (exact) mass is 266 g/mol. The van der Waals surface area contributed by atoms with E-state index in [-0.39, 0.29) is 11.8 Å². The van der Waals surface area contributed by atoms with Crippen LogP contribution in [0.15, 0.2) is 12.3 Å². The molecule has 0 aromatic carbocycles. The molecule has 1 aliphatic heterocycles. The average Bonchev–Trinajstić information content (AvgIpc) is 2.21. The summed E-state index contributed by atoms with van der Waals surface area (Å²) in [6, 6.07) is 0.764. The highest BCUT2D eigenvalue weighted by Crippen LogP contribution is 2.36. The fraction of sp³-hybridized carbons (Fsp3) is 0.500. The molecular formula is C10H10ClF3N2O. The van der Waals surface area contributed by atoms with Gasteiger partial charge in [-0.3, -0.25) is 0 Å². The molecule has 0 saturated carbocycles. The second-order valence-corrected chi connectivity index (χ2v) is 4.26. The lowest BCUT2D eigenvalue weighted by molar-refractivity contribution is -0.140. The summed E-state index contributed by atoms with van der Waals surface area (Å²) >= 11 is 5.71. The van der Waals surface area contributed by atoms with Gasteiger partial charge in [0.1, 0.15) is 11.8 Å². The van der Waals surface area contributed by atoms with E-state index >= 15 is 0 Å². The van der Waals surface area contributed by atoms with Crippen LogP contribution in [-0.2, 0) is 0 Å². The number of rotatable bonds is 1. The van der Waals surface area contributed by atoms with Gasteiger partial charge in [-0.25, -0.2) is 4.98 Å². The number of likely N-dealkylation sites (N-methyl/N-ethyl adjacent to an activating group) is 1. The number of anilines is 1. The van der Waals surface area contributed by atoms with Crippen molar-refractivity contribution in [2.24, 2.45) is 0 Å². The molecule has 3 nitrogen and oxygen atoms in total. The molecule has 0 aliphatic carbocycles. The van der Waals surface area contributed by atoms with Gasteiger partial charge in [-0.15, -0.1) is 0 Å². The quantitative estimate of drug-likeness (QED) is 0.731. The van der Waals surface area contributed by atoms with Gasteiger partial charge in [0.15, 0.2) is 5.75 Å². The highest BCUT2D eigenvalue weighted by Gasteiger charge is 2.36. The van der Waals surface area contributed by atoms with Crippen LogP contribution in [0.5, 0.6) is 5.75 Å². The number of pyridine rings is 1. The van der Waals surface area contributed by atoms with Crippen molar-refractivity contribution in [3.05, 3.63) is 17.4 Å². The fourth-order valence-electron chi connectivity index (χ4n) is 1.75. The first-order chi connectivity index (χ1) is 7.87. The van der Waals surface area contributed by atoms with Crippen LogP contribution in [0.4, 0.5) is 18.9 Å². The van der Waals surface area contributed by atoms with Crippen LogP contribution in [-0.4, -0.2) is 30.9 Å². The van der Waals surface area contributed by atoms with Crippen molar-refractivity contribution in [2.75, 3.05) is 18.6 Å². The molecule has 1 atom stereocenters. The molecular weight excluding hydrogens is 257 g/mol. The van der Waals surface area contributed by atoms with E-state index in [0.29, 0.717) is 11.4 Å². The largest absolute Gasteiger partial charge is 0.488 e. The van der Waals surface area contributed by atoms with Gasteiger partial charge in [-0.1, -0.05) is 11.6 Å². The standard InChI is InChI=1S/C10H10ClF3N2O/c1-16-6(3-10(12,13)14)5-17-8-4-15-9(11)2-7(8)16/h2,4,6H,3,5H2,1H3. The second kappa shape index (κ2) is 4.25. The summed E-state index contributed by atoms with van der Waals surface area (Å²) in [6.07, 6.45) is -3.71. The number of halogens is 4. The number of fused-ring (bicyclic) bond motifs is 1. The molecule has 1 aliphatic rings. The van der Waals surface area contributed by atoms with Crippen molar-refractivity contribution in [3.63, 3.8) is 0 Å². The second-order valence-electron chi connectivity index (χ2n) is 3.87. The van der Waals surface area contributed by atoms with Crippen molar-refractivity contribution >= 4 is 17.3 Å². The Hall–Kier alpha value is -1.17. The van der Waals surface area contributed by atoms with E-state index in [9.17, 15) is 13.2 Å². The summed E-state index contributed by atoms with van der Waals surface area (Å²) in [7, 11) is 1.59. The number of ether oxygens (including phenoxy) is 1. The molecule has 0 N–H and O–H groups in total. The summed E-state index contributed by atoms with van der Waals surface area (Å²) in [6.45, 7) is -0.00762. The zero-order valence-corrected chi connectivity index (χ0v) is 9.72. The van der Waals surface area contributed by atoms with E-state index < -0.39 is 18.6 Å². The molecule has 0 spiro atoms. The maximum Gasteiger partial charge on any atom is 0.391 e. The van der Waals surface area contributed by atoms with Crippen LogP contribution in [0.1, 0.15) is 6.42 Å². The number of hydrogen-bond acceptors (Lipinski definition) is 3. The Balaban J connectivity index is 2.23. The van der Waals surface area contributed by atoms with Crippen LogP contribution in [0.3, 0.4) is 0 Å². The van der Waals surface area contributed by atoms with E-state index in [4.69, 9.17) is 16.3 Å². The molecule has 0 saturated heterocycles. The number of nitrogens with zero attached hydrogens (tertiary/aromatic N) is 2. The van der Waals surface area contributed by atoms with Crippen LogP contribution in [0, 0.1) is 0 Å². The smallest absolute Gasteiger partial charge is 0.391 e. The third-order valence-electron chi connectivity index (χ3n) is 2.64. The first-order valence-electron chi connectivity index (χ1n) is 4.95. The Kier molecular flexibility index (Phi) is 3.07. The minimum absolute atomic E-state index is 0.00762. The summed E-state index contributed by atoms with van der Waals surface area (Å²) in [5.74, 6) is 0.454. The van der Waals surface area contributed by atoms with Crippen LogP contribution in [0.25, 0.3) is 0 Å². The topological polar surface area (TPSA) is 25.4 Å². The molecule has 0 fully saturated rings. The number of aromatic nitrogens is 1.